The SMILES string of the molecule is CC(C)(C)n1c(CBr)nnc1-c1cc(Br)ccc1Br. The molecule has 0 saturated heterocycles. The monoisotopic (exact) mass is 449 g/mol. The normalized spacial score (nSPS) is 11.9. The van der Waals surface area contributed by atoms with Crippen LogP contribution in [-0.4, -0.2) is 14.8 Å². The van der Waals surface area contributed by atoms with Gasteiger partial charge < -0.3 is 4.57 Å². The van der Waals surface area contributed by atoms with Crippen molar-refractivity contribution in [3.05, 3.63) is 33.0 Å². The number of alkyl halides is 1. The van der Waals surface area contributed by atoms with Crippen LogP contribution in [0.5, 0.6) is 0 Å². The van der Waals surface area contributed by atoms with Gasteiger partial charge in [0.1, 0.15) is 5.82 Å². The summed E-state index contributed by atoms with van der Waals surface area (Å²) in [5.41, 5.74) is 0.952. The standard InChI is InChI=1S/C13H14Br3N3/c1-13(2,3)19-11(7-14)17-18-12(19)9-6-8(15)4-5-10(9)16/h4-6H,7H2,1-3H3. The third-order valence-electron chi connectivity index (χ3n) is 2.69. The molecule has 0 N–H and O–H groups in total. The molecule has 1 aromatic carbocycles. The Morgan fingerprint density at radius 2 is 1.84 bits per heavy atom. The van der Waals surface area contributed by atoms with Crippen molar-refractivity contribution in [2.45, 2.75) is 31.6 Å². The quantitative estimate of drug-likeness (QED) is 0.593. The molecule has 0 saturated carbocycles. The Hall–Kier alpha value is -0.200. The fourth-order valence-electron chi connectivity index (χ4n) is 1.95. The van der Waals surface area contributed by atoms with E-state index in [1.54, 1.807) is 0 Å². The minimum absolute atomic E-state index is 0.0797. The largest absolute Gasteiger partial charge is 0.305 e. The van der Waals surface area contributed by atoms with E-state index in [-0.39, 0.29) is 5.54 Å². The van der Waals surface area contributed by atoms with Gasteiger partial charge in [-0.25, -0.2) is 0 Å². The highest BCUT2D eigenvalue weighted by atomic mass is 79.9. The predicted octanol–water partition coefficient (Wildman–Crippen LogP) is 5.12. The molecule has 0 fully saturated rings. The van der Waals surface area contributed by atoms with Crippen LogP contribution >= 0.6 is 47.8 Å². The molecule has 3 nitrogen and oxygen atoms in total. The summed E-state index contributed by atoms with van der Waals surface area (Å²) < 4.78 is 4.19. The van der Waals surface area contributed by atoms with Crippen LogP contribution in [0, 0.1) is 0 Å². The zero-order valence-corrected chi connectivity index (χ0v) is 15.7. The van der Waals surface area contributed by atoms with E-state index in [1.165, 1.54) is 0 Å². The number of aromatic nitrogens is 3. The molecular weight excluding hydrogens is 438 g/mol. The van der Waals surface area contributed by atoms with Crippen LogP contribution in [0.3, 0.4) is 0 Å². The Kier molecular flexibility index (Phi) is 4.52. The molecule has 19 heavy (non-hydrogen) atoms. The first-order chi connectivity index (χ1) is 8.84. The number of benzene rings is 1. The molecule has 0 bridgehead atoms. The van der Waals surface area contributed by atoms with Gasteiger partial charge in [-0.15, -0.1) is 10.2 Å². The minimum Gasteiger partial charge on any atom is -0.305 e. The molecule has 0 spiro atoms. The van der Waals surface area contributed by atoms with Crippen molar-refractivity contribution >= 4 is 47.8 Å². The average Bonchev–Trinajstić information content (AvgIpc) is 2.75. The number of rotatable bonds is 2. The van der Waals surface area contributed by atoms with Gasteiger partial charge in [-0.2, -0.15) is 0 Å². The van der Waals surface area contributed by atoms with Crippen molar-refractivity contribution in [3.8, 4) is 11.4 Å². The molecule has 2 aromatic rings. The second-order valence-electron chi connectivity index (χ2n) is 5.20. The van der Waals surface area contributed by atoms with Crippen LogP contribution in [0.25, 0.3) is 11.4 Å². The van der Waals surface area contributed by atoms with Gasteiger partial charge in [0, 0.05) is 20.0 Å². The van der Waals surface area contributed by atoms with Crippen molar-refractivity contribution in [1.29, 1.82) is 0 Å². The maximum atomic E-state index is 4.36. The third kappa shape index (κ3) is 3.11. The third-order valence-corrected chi connectivity index (χ3v) is 4.38. The van der Waals surface area contributed by atoms with E-state index >= 15 is 0 Å². The summed E-state index contributed by atoms with van der Waals surface area (Å²) in [7, 11) is 0. The lowest BCUT2D eigenvalue weighted by molar-refractivity contribution is 0.391. The Labute approximate surface area is 138 Å². The summed E-state index contributed by atoms with van der Waals surface area (Å²) in [6, 6.07) is 6.06. The number of nitrogens with zero attached hydrogens (tertiary/aromatic N) is 3. The maximum absolute atomic E-state index is 4.36. The number of hydrogen-bond acceptors (Lipinski definition) is 2. The summed E-state index contributed by atoms with van der Waals surface area (Å²) >= 11 is 10.6. The first-order valence-corrected chi connectivity index (χ1v) is 8.51. The minimum atomic E-state index is -0.0797. The number of hydrogen-bond donors (Lipinski definition) is 0. The maximum Gasteiger partial charge on any atom is 0.165 e. The summed E-state index contributed by atoms with van der Waals surface area (Å²) in [6.07, 6.45) is 0. The smallest absolute Gasteiger partial charge is 0.165 e. The lowest BCUT2D eigenvalue weighted by atomic mass is 10.1. The molecule has 0 aliphatic rings. The molecule has 102 valence electrons. The average molecular weight is 452 g/mol. The molecule has 0 aliphatic heterocycles. The molecule has 1 aromatic heterocycles. The van der Waals surface area contributed by atoms with E-state index in [9.17, 15) is 0 Å². The lowest BCUT2D eigenvalue weighted by Gasteiger charge is -2.25. The van der Waals surface area contributed by atoms with Gasteiger partial charge in [0.05, 0.1) is 5.33 Å². The van der Waals surface area contributed by atoms with Gasteiger partial charge >= 0.3 is 0 Å². The molecule has 1 heterocycles. The Morgan fingerprint density at radius 3 is 2.42 bits per heavy atom. The molecule has 2 rings (SSSR count). The molecule has 0 atom stereocenters. The molecular formula is C13H14Br3N3. The first-order valence-electron chi connectivity index (χ1n) is 5.80. The molecule has 0 radical (unpaired) electrons. The predicted molar refractivity (Wildman–Crippen MR) is 88.5 cm³/mol. The summed E-state index contributed by atoms with van der Waals surface area (Å²) in [5.74, 6) is 1.80. The highest BCUT2D eigenvalue weighted by molar-refractivity contribution is 9.11. The lowest BCUT2D eigenvalue weighted by Crippen LogP contribution is -2.24. The summed E-state index contributed by atoms with van der Waals surface area (Å²) in [6.45, 7) is 6.45. The van der Waals surface area contributed by atoms with Crippen LogP contribution < -0.4 is 0 Å². The van der Waals surface area contributed by atoms with Crippen LogP contribution in [0.15, 0.2) is 27.1 Å². The fourth-order valence-corrected chi connectivity index (χ4v) is 3.10. The highest BCUT2D eigenvalue weighted by Crippen LogP contribution is 2.33. The highest BCUT2D eigenvalue weighted by Gasteiger charge is 2.24. The molecule has 0 aliphatic carbocycles. The van der Waals surface area contributed by atoms with Gasteiger partial charge in [-0.1, -0.05) is 47.8 Å². The number of halogens is 3. The second kappa shape index (κ2) is 5.66. The van der Waals surface area contributed by atoms with Crippen LogP contribution in [0.4, 0.5) is 0 Å². The Morgan fingerprint density at radius 1 is 1.16 bits per heavy atom. The Bertz CT molecular complexity index is 600. The van der Waals surface area contributed by atoms with Crippen molar-refractivity contribution in [2.24, 2.45) is 0 Å². The molecule has 0 unspecified atom stereocenters. The van der Waals surface area contributed by atoms with Crippen molar-refractivity contribution in [2.75, 3.05) is 0 Å². The zero-order valence-electron chi connectivity index (χ0n) is 10.9. The molecule has 6 heteroatoms. The first kappa shape index (κ1) is 15.2. The van der Waals surface area contributed by atoms with Crippen LogP contribution in [-0.2, 0) is 10.9 Å². The summed E-state index contributed by atoms with van der Waals surface area (Å²) in [4.78, 5) is 0. The van der Waals surface area contributed by atoms with E-state index in [0.29, 0.717) is 5.33 Å². The van der Waals surface area contributed by atoms with Gasteiger partial charge in [0.15, 0.2) is 5.82 Å². The van der Waals surface area contributed by atoms with Crippen LogP contribution in [0.1, 0.15) is 26.6 Å². The van der Waals surface area contributed by atoms with E-state index in [4.69, 9.17) is 0 Å². The van der Waals surface area contributed by atoms with Crippen molar-refractivity contribution < 1.29 is 0 Å². The Balaban J connectivity index is 2.69. The van der Waals surface area contributed by atoms with Crippen molar-refractivity contribution in [1.82, 2.24) is 14.8 Å². The van der Waals surface area contributed by atoms with E-state index in [1.807, 2.05) is 18.2 Å². The zero-order chi connectivity index (χ0) is 14.2. The second-order valence-corrected chi connectivity index (χ2v) is 7.53. The van der Waals surface area contributed by atoms with E-state index in [2.05, 4.69) is 83.3 Å². The van der Waals surface area contributed by atoms with E-state index < -0.39 is 0 Å². The van der Waals surface area contributed by atoms with Gasteiger partial charge in [-0.05, 0) is 39.0 Å². The van der Waals surface area contributed by atoms with Crippen LogP contribution in [0.2, 0.25) is 0 Å². The van der Waals surface area contributed by atoms with Crippen molar-refractivity contribution in [3.63, 3.8) is 0 Å². The fraction of sp³-hybridized carbons (Fsp3) is 0.385. The van der Waals surface area contributed by atoms with Gasteiger partial charge in [-0.3, -0.25) is 0 Å². The topological polar surface area (TPSA) is 30.7 Å². The summed E-state index contributed by atoms with van der Waals surface area (Å²) in [5, 5.41) is 9.32. The molecule has 0 amide bonds. The van der Waals surface area contributed by atoms with Gasteiger partial charge in [0.2, 0.25) is 0 Å². The van der Waals surface area contributed by atoms with Gasteiger partial charge in [0.25, 0.3) is 0 Å². The van der Waals surface area contributed by atoms with E-state index in [0.717, 1.165) is 26.2 Å².